The molecule has 2 aromatic rings. The van der Waals surface area contributed by atoms with E-state index >= 15 is 0 Å². The van der Waals surface area contributed by atoms with Crippen molar-refractivity contribution in [3.8, 4) is 0 Å². The van der Waals surface area contributed by atoms with Crippen molar-refractivity contribution < 1.29 is 45.4 Å². The molecule has 2 atom stereocenters. The molecule has 0 fully saturated rings. The van der Waals surface area contributed by atoms with E-state index < -0.39 is 58.9 Å². The number of ether oxygens (including phenoxy) is 2. The van der Waals surface area contributed by atoms with Crippen molar-refractivity contribution in [2.75, 3.05) is 13.2 Å². The molecule has 206 valence electrons. The number of alkyl halides is 6. The second-order valence-electron chi connectivity index (χ2n) is 9.69. The Morgan fingerprint density at radius 3 is 1.58 bits per heavy atom. The van der Waals surface area contributed by atoms with Gasteiger partial charge in [0.25, 0.3) is 0 Å². The van der Waals surface area contributed by atoms with Crippen LogP contribution in [0.15, 0.2) is 60.7 Å². The molecule has 4 nitrogen and oxygen atoms in total. The van der Waals surface area contributed by atoms with E-state index in [4.69, 9.17) is 9.47 Å². The van der Waals surface area contributed by atoms with Crippen molar-refractivity contribution in [3.63, 3.8) is 0 Å². The SMILES string of the molecule is CC1(COCc2ccccc2)C(=O)C/C=C\CC(=O)C1(C)COCc1c(C(F)(F)F)cccc1C(F)(F)F. The molecule has 0 saturated carbocycles. The highest BCUT2D eigenvalue weighted by Crippen LogP contribution is 2.45. The summed E-state index contributed by atoms with van der Waals surface area (Å²) in [5.41, 5.74) is -6.26. The van der Waals surface area contributed by atoms with Gasteiger partial charge in [-0.15, -0.1) is 0 Å². The maximum Gasteiger partial charge on any atom is 0.416 e. The number of ketones is 2. The molecule has 0 amide bonds. The van der Waals surface area contributed by atoms with Crippen molar-refractivity contribution in [1.29, 1.82) is 0 Å². The first-order valence-electron chi connectivity index (χ1n) is 11.9. The monoisotopic (exact) mass is 542 g/mol. The van der Waals surface area contributed by atoms with Gasteiger partial charge in [-0.05, 0) is 31.5 Å². The van der Waals surface area contributed by atoms with Gasteiger partial charge in [0, 0.05) is 18.4 Å². The quantitative estimate of drug-likeness (QED) is 0.267. The van der Waals surface area contributed by atoms with Gasteiger partial charge < -0.3 is 9.47 Å². The van der Waals surface area contributed by atoms with Gasteiger partial charge in [-0.3, -0.25) is 9.59 Å². The van der Waals surface area contributed by atoms with Gasteiger partial charge in [0.1, 0.15) is 11.6 Å². The molecule has 0 aromatic heterocycles. The van der Waals surface area contributed by atoms with Crippen LogP contribution in [0.4, 0.5) is 26.3 Å². The summed E-state index contributed by atoms with van der Waals surface area (Å²) in [7, 11) is 0. The van der Waals surface area contributed by atoms with Crippen LogP contribution >= 0.6 is 0 Å². The third kappa shape index (κ3) is 6.35. The molecular weight excluding hydrogens is 514 g/mol. The number of allylic oxidation sites excluding steroid dienone is 2. The minimum Gasteiger partial charge on any atom is -0.376 e. The molecule has 0 heterocycles. The first-order chi connectivity index (χ1) is 17.7. The third-order valence-electron chi connectivity index (χ3n) is 7.15. The zero-order valence-electron chi connectivity index (χ0n) is 20.9. The molecule has 10 heteroatoms. The van der Waals surface area contributed by atoms with E-state index in [-0.39, 0.29) is 31.8 Å². The molecule has 2 unspecified atom stereocenters. The number of hydrogen-bond acceptors (Lipinski definition) is 4. The minimum atomic E-state index is -5.06. The normalized spacial score (nSPS) is 23.7. The fraction of sp³-hybridized carbons (Fsp3) is 0.429. The lowest BCUT2D eigenvalue weighted by Crippen LogP contribution is -2.54. The summed E-state index contributed by atoms with van der Waals surface area (Å²) < 4.78 is 92.5. The molecule has 1 aliphatic carbocycles. The lowest BCUT2D eigenvalue weighted by Gasteiger charge is -2.44. The Hall–Kier alpha value is -2.98. The predicted octanol–water partition coefficient (Wildman–Crippen LogP) is 6.96. The number of benzene rings is 2. The van der Waals surface area contributed by atoms with Crippen molar-refractivity contribution >= 4 is 11.6 Å². The summed E-state index contributed by atoms with van der Waals surface area (Å²) in [6.07, 6.45) is -7.12. The lowest BCUT2D eigenvalue weighted by atomic mass is 9.60. The van der Waals surface area contributed by atoms with Crippen LogP contribution in [0.1, 0.15) is 48.9 Å². The van der Waals surface area contributed by atoms with Gasteiger partial charge in [-0.1, -0.05) is 48.6 Å². The average Bonchev–Trinajstić information content (AvgIpc) is 2.84. The van der Waals surface area contributed by atoms with Gasteiger partial charge >= 0.3 is 12.4 Å². The van der Waals surface area contributed by atoms with Crippen LogP contribution < -0.4 is 0 Å². The standard InChI is InChI=1S/C28H28F6O4/c1-25(17-37-15-19-9-4-3-5-10-19)23(35)13-6-7-14-24(36)26(25,2)18-38-16-20-21(27(29,30)31)11-8-12-22(20)28(32,33)34/h3-12H,13-18H2,1-2H3/b7-6-. The highest BCUT2D eigenvalue weighted by molar-refractivity contribution is 5.97. The second kappa shape index (κ2) is 11.4. The topological polar surface area (TPSA) is 52.6 Å². The maximum absolute atomic E-state index is 13.5. The zero-order valence-corrected chi connectivity index (χ0v) is 20.9. The Labute approximate surface area is 216 Å². The molecular formula is C28H28F6O4. The minimum absolute atomic E-state index is 0.0107. The van der Waals surface area contributed by atoms with Crippen molar-refractivity contribution in [2.45, 2.75) is 52.3 Å². The van der Waals surface area contributed by atoms with Gasteiger partial charge in [0.05, 0.1) is 48.4 Å². The van der Waals surface area contributed by atoms with E-state index in [1.54, 1.807) is 6.08 Å². The van der Waals surface area contributed by atoms with E-state index in [2.05, 4.69) is 0 Å². The van der Waals surface area contributed by atoms with E-state index in [9.17, 15) is 35.9 Å². The number of rotatable bonds is 8. The number of halogens is 6. The molecule has 1 aliphatic rings. The lowest BCUT2D eigenvalue weighted by molar-refractivity contribution is -0.161. The molecule has 0 saturated heterocycles. The van der Waals surface area contributed by atoms with Gasteiger partial charge in [-0.2, -0.15) is 26.3 Å². The van der Waals surface area contributed by atoms with Crippen LogP contribution in [-0.2, 0) is 44.6 Å². The number of carbonyl (C=O) groups excluding carboxylic acids is 2. The molecule has 0 radical (unpaired) electrons. The highest BCUT2D eigenvalue weighted by atomic mass is 19.4. The van der Waals surface area contributed by atoms with E-state index in [0.717, 1.165) is 5.56 Å². The fourth-order valence-corrected chi connectivity index (χ4v) is 4.50. The van der Waals surface area contributed by atoms with Gasteiger partial charge in [0.2, 0.25) is 0 Å². The van der Waals surface area contributed by atoms with Crippen LogP contribution in [0.2, 0.25) is 0 Å². The smallest absolute Gasteiger partial charge is 0.376 e. The van der Waals surface area contributed by atoms with Crippen LogP contribution in [-0.4, -0.2) is 24.8 Å². The highest BCUT2D eigenvalue weighted by Gasteiger charge is 2.54. The largest absolute Gasteiger partial charge is 0.416 e. The Morgan fingerprint density at radius 2 is 1.13 bits per heavy atom. The molecule has 38 heavy (non-hydrogen) atoms. The fourth-order valence-electron chi connectivity index (χ4n) is 4.50. The zero-order chi connectivity index (χ0) is 28.2. The molecule has 0 aliphatic heterocycles. The van der Waals surface area contributed by atoms with Crippen LogP contribution in [0.3, 0.4) is 0 Å². The number of carbonyl (C=O) groups is 2. The summed E-state index contributed by atoms with van der Waals surface area (Å²) in [4.78, 5) is 26.5. The molecule has 2 aromatic carbocycles. The van der Waals surface area contributed by atoms with Crippen molar-refractivity contribution in [2.24, 2.45) is 10.8 Å². The maximum atomic E-state index is 13.5. The average molecular weight is 543 g/mol. The van der Waals surface area contributed by atoms with E-state index in [0.29, 0.717) is 18.2 Å². The summed E-state index contributed by atoms with van der Waals surface area (Å²) in [5.74, 6) is -0.791. The second-order valence-corrected chi connectivity index (χ2v) is 9.69. The van der Waals surface area contributed by atoms with Crippen molar-refractivity contribution in [3.05, 3.63) is 82.9 Å². The third-order valence-corrected chi connectivity index (χ3v) is 7.15. The molecule has 3 rings (SSSR count). The van der Waals surface area contributed by atoms with E-state index in [1.807, 2.05) is 30.3 Å². The van der Waals surface area contributed by atoms with Crippen LogP contribution in [0.5, 0.6) is 0 Å². The molecule has 0 bridgehead atoms. The van der Waals surface area contributed by atoms with Gasteiger partial charge in [0.15, 0.2) is 0 Å². The van der Waals surface area contributed by atoms with Crippen LogP contribution in [0, 0.1) is 10.8 Å². The number of Topliss-reactive ketones (excluding diaryl/α,β-unsaturated/α-hetero) is 2. The van der Waals surface area contributed by atoms with Crippen molar-refractivity contribution in [1.82, 2.24) is 0 Å². The van der Waals surface area contributed by atoms with Gasteiger partial charge in [-0.25, -0.2) is 0 Å². The summed E-state index contributed by atoms with van der Waals surface area (Å²) in [5, 5.41) is 0. The predicted molar refractivity (Wildman–Crippen MR) is 127 cm³/mol. The molecule has 0 N–H and O–H groups in total. The summed E-state index contributed by atoms with van der Waals surface area (Å²) in [6, 6.07) is 10.8. The number of hydrogen-bond donors (Lipinski definition) is 0. The first-order valence-corrected chi connectivity index (χ1v) is 11.9. The Kier molecular flexibility index (Phi) is 8.88. The first kappa shape index (κ1) is 29.6. The summed E-state index contributed by atoms with van der Waals surface area (Å²) >= 11 is 0. The Bertz CT molecular complexity index is 1140. The van der Waals surface area contributed by atoms with E-state index in [1.165, 1.54) is 19.9 Å². The van der Waals surface area contributed by atoms with Crippen LogP contribution in [0.25, 0.3) is 0 Å². The summed E-state index contributed by atoms with van der Waals surface area (Å²) in [6.45, 7) is 1.26. The Balaban J connectivity index is 1.90. The Morgan fingerprint density at radius 1 is 0.684 bits per heavy atom. The molecule has 0 spiro atoms.